The fraction of sp³-hybridized carbons (Fsp3) is 0.500. The maximum atomic E-state index is 10.2. The molecule has 2 aliphatic rings. The van der Waals surface area contributed by atoms with E-state index in [1.54, 1.807) is 31.4 Å². The molecule has 1 spiro atoms. The van der Waals surface area contributed by atoms with Gasteiger partial charge in [-0.05, 0) is 42.5 Å². The van der Waals surface area contributed by atoms with Crippen LogP contribution in [0.25, 0.3) is 6.08 Å². The SMILES string of the molecule is CC1CCCCC12CO2.COc1ccc(/C=C/C(=O)O)cc1. The van der Waals surface area contributed by atoms with Gasteiger partial charge in [-0.1, -0.05) is 31.9 Å². The molecule has 1 aliphatic heterocycles. The van der Waals surface area contributed by atoms with Crippen LogP contribution in [0, 0.1) is 5.92 Å². The Morgan fingerprint density at radius 1 is 1.36 bits per heavy atom. The van der Waals surface area contributed by atoms with Crippen molar-refractivity contribution in [2.45, 2.75) is 38.2 Å². The second-order valence-corrected chi connectivity index (χ2v) is 5.95. The highest BCUT2D eigenvalue weighted by Gasteiger charge is 2.49. The van der Waals surface area contributed by atoms with Crippen LogP contribution in [0.3, 0.4) is 0 Å². The molecule has 1 aromatic rings. The van der Waals surface area contributed by atoms with Crippen LogP contribution in [0.2, 0.25) is 0 Å². The molecule has 1 saturated carbocycles. The molecule has 0 aromatic heterocycles. The molecule has 1 aliphatic carbocycles. The van der Waals surface area contributed by atoms with Gasteiger partial charge in [-0.2, -0.15) is 0 Å². The number of aliphatic carboxylic acids is 1. The fourth-order valence-corrected chi connectivity index (χ4v) is 2.79. The van der Waals surface area contributed by atoms with Gasteiger partial charge in [0.2, 0.25) is 0 Å². The van der Waals surface area contributed by atoms with Crippen LogP contribution in [0.4, 0.5) is 0 Å². The number of hydrogen-bond acceptors (Lipinski definition) is 3. The highest BCUT2D eigenvalue weighted by molar-refractivity contribution is 5.85. The van der Waals surface area contributed by atoms with Crippen LogP contribution >= 0.6 is 0 Å². The smallest absolute Gasteiger partial charge is 0.328 e. The molecule has 3 rings (SSSR count). The standard InChI is InChI=1S/C10H10O3.C8H14O/c1-13-9-5-2-8(3-6-9)4-7-10(11)12;1-7-4-2-3-5-8(7)6-9-8/h2-7H,1H3,(H,11,12);7H,2-6H2,1H3/b7-4+;. The third kappa shape index (κ3) is 4.60. The molecule has 2 unspecified atom stereocenters. The van der Waals surface area contributed by atoms with Crippen molar-refractivity contribution in [1.82, 2.24) is 0 Å². The van der Waals surface area contributed by atoms with Crippen molar-refractivity contribution in [3.63, 3.8) is 0 Å². The second-order valence-electron chi connectivity index (χ2n) is 5.95. The number of benzene rings is 1. The lowest BCUT2D eigenvalue weighted by molar-refractivity contribution is -0.131. The molecule has 120 valence electrons. The average Bonchev–Trinajstić information content (AvgIpc) is 3.30. The van der Waals surface area contributed by atoms with Gasteiger partial charge in [0.1, 0.15) is 5.75 Å². The summed E-state index contributed by atoms with van der Waals surface area (Å²) in [6.45, 7) is 3.38. The van der Waals surface area contributed by atoms with Crippen molar-refractivity contribution in [3.8, 4) is 5.75 Å². The molecule has 2 atom stereocenters. The van der Waals surface area contributed by atoms with E-state index in [9.17, 15) is 4.79 Å². The number of carbonyl (C=O) groups is 1. The van der Waals surface area contributed by atoms with Crippen molar-refractivity contribution in [2.24, 2.45) is 5.92 Å². The third-order valence-corrected chi connectivity index (χ3v) is 4.43. The zero-order valence-corrected chi connectivity index (χ0v) is 13.2. The normalized spacial score (nSPS) is 26.4. The van der Waals surface area contributed by atoms with Crippen LogP contribution < -0.4 is 4.74 Å². The topological polar surface area (TPSA) is 59.1 Å². The predicted octanol–water partition coefficient (Wildman–Crippen LogP) is 3.76. The van der Waals surface area contributed by atoms with Crippen LogP contribution in [0.1, 0.15) is 38.2 Å². The van der Waals surface area contributed by atoms with Crippen molar-refractivity contribution < 1.29 is 19.4 Å². The number of hydrogen-bond donors (Lipinski definition) is 1. The van der Waals surface area contributed by atoms with Gasteiger partial charge >= 0.3 is 5.97 Å². The summed E-state index contributed by atoms with van der Waals surface area (Å²) >= 11 is 0. The molecule has 1 N–H and O–H groups in total. The molecule has 0 bridgehead atoms. The van der Waals surface area contributed by atoms with E-state index in [2.05, 4.69) is 6.92 Å². The molecular formula is C18H24O4. The van der Waals surface area contributed by atoms with Gasteiger partial charge in [0.25, 0.3) is 0 Å². The summed E-state index contributed by atoms with van der Waals surface area (Å²) < 4.78 is 10.4. The highest BCUT2D eigenvalue weighted by atomic mass is 16.6. The number of rotatable bonds is 3. The Kier molecular flexibility index (Phi) is 5.61. The fourth-order valence-electron chi connectivity index (χ4n) is 2.79. The minimum Gasteiger partial charge on any atom is -0.497 e. The molecule has 0 radical (unpaired) electrons. The predicted molar refractivity (Wildman–Crippen MR) is 86.0 cm³/mol. The van der Waals surface area contributed by atoms with E-state index in [0.717, 1.165) is 29.9 Å². The summed E-state index contributed by atoms with van der Waals surface area (Å²) in [7, 11) is 1.59. The molecule has 1 saturated heterocycles. The lowest BCUT2D eigenvalue weighted by Crippen LogP contribution is -2.25. The lowest BCUT2D eigenvalue weighted by Gasteiger charge is -2.24. The van der Waals surface area contributed by atoms with E-state index in [1.807, 2.05) is 0 Å². The molecular weight excluding hydrogens is 280 g/mol. The monoisotopic (exact) mass is 304 g/mol. The first-order chi connectivity index (χ1) is 10.6. The van der Waals surface area contributed by atoms with E-state index in [4.69, 9.17) is 14.6 Å². The minimum absolute atomic E-state index is 0.387. The number of epoxide rings is 1. The summed E-state index contributed by atoms with van der Waals surface area (Å²) in [5, 5.41) is 8.36. The van der Waals surface area contributed by atoms with Gasteiger partial charge in [-0.3, -0.25) is 0 Å². The summed E-state index contributed by atoms with van der Waals surface area (Å²) in [4.78, 5) is 10.2. The molecule has 0 amide bonds. The number of ether oxygens (including phenoxy) is 2. The quantitative estimate of drug-likeness (QED) is 0.682. The maximum Gasteiger partial charge on any atom is 0.328 e. The Hall–Kier alpha value is -1.81. The van der Waals surface area contributed by atoms with Gasteiger partial charge in [0.15, 0.2) is 0 Å². The van der Waals surface area contributed by atoms with Gasteiger partial charge in [-0.15, -0.1) is 0 Å². The number of carboxylic acids is 1. The summed E-state index contributed by atoms with van der Waals surface area (Å²) in [5.74, 6) is 0.648. The van der Waals surface area contributed by atoms with Crippen LogP contribution in [-0.4, -0.2) is 30.4 Å². The average molecular weight is 304 g/mol. The third-order valence-electron chi connectivity index (χ3n) is 4.43. The Labute approximate surface area is 131 Å². The van der Waals surface area contributed by atoms with Crippen molar-refractivity contribution >= 4 is 12.0 Å². The van der Waals surface area contributed by atoms with E-state index in [-0.39, 0.29) is 0 Å². The molecule has 4 nitrogen and oxygen atoms in total. The Balaban J connectivity index is 0.000000170. The molecule has 2 fully saturated rings. The first-order valence-corrected chi connectivity index (χ1v) is 7.75. The van der Waals surface area contributed by atoms with Gasteiger partial charge in [0.05, 0.1) is 19.3 Å². The number of methoxy groups -OCH3 is 1. The zero-order valence-electron chi connectivity index (χ0n) is 13.2. The van der Waals surface area contributed by atoms with Gasteiger partial charge in [0, 0.05) is 6.08 Å². The van der Waals surface area contributed by atoms with E-state index < -0.39 is 5.97 Å². The Morgan fingerprint density at radius 2 is 2.05 bits per heavy atom. The molecule has 1 heterocycles. The van der Waals surface area contributed by atoms with E-state index >= 15 is 0 Å². The minimum atomic E-state index is -0.948. The zero-order chi connectivity index (χ0) is 16.0. The van der Waals surface area contributed by atoms with E-state index in [1.165, 1.54) is 31.8 Å². The van der Waals surface area contributed by atoms with Gasteiger partial charge in [-0.25, -0.2) is 4.79 Å². The van der Waals surface area contributed by atoms with Crippen molar-refractivity contribution in [2.75, 3.05) is 13.7 Å². The first-order valence-electron chi connectivity index (χ1n) is 7.75. The molecule has 4 heteroatoms. The van der Waals surface area contributed by atoms with Crippen LogP contribution in [0.15, 0.2) is 30.3 Å². The van der Waals surface area contributed by atoms with Crippen LogP contribution in [0.5, 0.6) is 5.75 Å². The summed E-state index contributed by atoms with van der Waals surface area (Å²) in [6.07, 6.45) is 8.16. The van der Waals surface area contributed by atoms with Crippen LogP contribution in [-0.2, 0) is 9.53 Å². The summed E-state index contributed by atoms with van der Waals surface area (Å²) in [6, 6.07) is 7.14. The maximum absolute atomic E-state index is 10.2. The second kappa shape index (κ2) is 7.45. The van der Waals surface area contributed by atoms with E-state index in [0.29, 0.717) is 5.60 Å². The molecule has 22 heavy (non-hydrogen) atoms. The Morgan fingerprint density at radius 3 is 2.50 bits per heavy atom. The van der Waals surface area contributed by atoms with Gasteiger partial charge < -0.3 is 14.6 Å². The first kappa shape index (κ1) is 16.6. The van der Waals surface area contributed by atoms with Crippen molar-refractivity contribution in [1.29, 1.82) is 0 Å². The highest BCUT2D eigenvalue weighted by Crippen LogP contribution is 2.45. The Bertz CT molecular complexity index is 514. The molecule has 1 aromatic carbocycles. The summed E-state index contributed by atoms with van der Waals surface area (Å²) in [5.41, 5.74) is 1.22. The lowest BCUT2D eigenvalue weighted by atomic mass is 9.81. The number of carboxylic acid groups (broad SMARTS) is 1. The largest absolute Gasteiger partial charge is 0.497 e. The van der Waals surface area contributed by atoms with Crippen molar-refractivity contribution in [3.05, 3.63) is 35.9 Å².